The molecule has 0 saturated carbocycles. The number of furan rings is 1. The highest BCUT2D eigenvalue weighted by molar-refractivity contribution is 6.19. The van der Waals surface area contributed by atoms with E-state index in [4.69, 9.17) is 33.5 Å². The Morgan fingerprint density at radius 1 is 0.565 bits per heavy atom. The molecule has 0 radical (unpaired) electrons. The van der Waals surface area contributed by atoms with Gasteiger partial charge in [0.1, 0.15) is 28.4 Å². The Morgan fingerprint density at radius 3 is 2.08 bits per heavy atom. The number of benzene rings is 5. The zero-order valence-corrected chi connectivity index (χ0v) is 36.7. The topological polar surface area (TPSA) is 92.0 Å². The highest BCUT2D eigenvalue weighted by atomic mass is 16.5. The first-order valence-electron chi connectivity index (χ1n) is 21.2. The van der Waals surface area contributed by atoms with Crippen LogP contribution in [0.4, 0.5) is 0 Å². The van der Waals surface area contributed by atoms with E-state index in [1.54, 1.807) is 0 Å². The highest BCUT2D eigenvalue weighted by Gasteiger charge is 2.31. The van der Waals surface area contributed by atoms with Gasteiger partial charge in [-0.2, -0.15) is 0 Å². The van der Waals surface area contributed by atoms with Crippen molar-refractivity contribution in [1.82, 2.24) is 24.5 Å². The van der Waals surface area contributed by atoms with Gasteiger partial charge in [-0.05, 0) is 71.1 Å². The molecule has 0 spiro atoms. The Bertz CT molecular complexity index is 3330. The van der Waals surface area contributed by atoms with E-state index in [1.165, 1.54) is 0 Å². The lowest BCUT2D eigenvalue weighted by atomic mass is 9.87. The summed E-state index contributed by atoms with van der Waals surface area (Å²) in [7, 11) is 0. The molecule has 0 amide bonds. The summed E-state index contributed by atoms with van der Waals surface area (Å²) >= 11 is 0. The molecule has 0 aliphatic carbocycles. The quantitative estimate of drug-likeness (QED) is 0.165. The number of fused-ring (bicyclic) bond motifs is 6. The van der Waals surface area contributed by atoms with Crippen LogP contribution < -0.4 is 4.74 Å². The van der Waals surface area contributed by atoms with Gasteiger partial charge < -0.3 is 13.6 Å². The second-order valence-corrected chi connectivity index (χ2v) is 19.2. The van der Waals surface area contributed by atoms with Gasteiger partial charge in [-0.15, -0.1) is 0 Å². The molecule has 0 saturated heterocycles. The van der Waals surface area contributed by atoms with Gasteiger partial charge in [0.25, 0.3) is 0 Å². The average Bonchev–Trinajstić information content (AvgIpc) is 3.97. The van der Waals surface area contributed by atoms with E-state index in [1.807, 2.05) is 42.6 Å². The summed E-state index contributed by atoms with van der Waals surface area (Å²) in [4.78, 5) is 20.3. The molecule has 5 heterocycles. The van der Waals surface area contributed by atoms with E-state index in [0.717, 1.165) is 72.5 Å². The van der Waals surface area contributed by atoms with Gasteiger partial charge in [-0.3, -0.25) is 9.55 Å². The maximum absolute atomic E-state index is 6.98. The minimum absolute atomic E-state index is 0.100. The Labute approximate surface area is 361 Å². The highest BCUT2D eigenvalue weighted by Crippen LogP contribution is 2.46. The molecule has 8 heteroatoms. The summed E-state index contributed by atoms with van der Waals surface area (Å²) in [5.74, 6) is 2.71. The summed E-state index contributed by atoms with van der Waals surface area (Å²) in [5, 5.41) is 1.69. The van der Waals surface area contributed by atoms with Crippen LogP contribution >= 0.6 is 0 Å². The van der Waals surface area contributed by atoms with E-state index < -0.39 is 0 Å². The number of hydrogen-bond donors (Lipinski definition) is 0. The normalized spacial score (nSPS) is 12.6. The van der Waals surface area contributed by atoms with Crippen molar-refractivity contribution in [3.05, 3.63) is 151 Å². The third-order valence-corrected chi connectivity index (χ3v) is 11.4. The maximum Gasteiger partial charge on any atom is 0.248 e. The lowest BCUT2D eigenvalue weighted by Crippen LogP contribution is -2.13. The van der Waals surface area contributed by atoms with Crippen LogP contribution in [0.25, 0.3) is 83.7 Å². The van der Waals surface area contributed by atoms with Crippen molar-refractivity contribution in [3.63, 3.8) is 0 Å². The fourth-order valence-corrected chi connectivity index (χ4v) is 8.23. The molecule has 8 nitrogen and oxygen atoms in total. The molecular formula is C54H49N5O3. The third-order valence-electron chi connectivity index (χ3n) is 11.4. The van der Waals surface area contributed by atoms with Gasteiger partial charge in [0, 0.05) is 39.1 Å². The number of oxazole rings is 1. The minimum atomic E-state index is -0.364. The van der Waals surface area contributed by atoms with Gasteiger partial charge in [0.05, 0.1) is 33.5 Å². The minimum Gasteiger partial charge on any atom is -0.457 e. The van der Waals surface area contributed by atoms with Crippen molar-refractivity contribution in [3.8, 4) is 51.0 Å². The zero-order chi connectivity index (χ0) is 43.1. The van der Waals surface area contributed by atoms with Gasteiger partial charge in [0.2, 0.25) is 11.6 Å². The first kappa shape index (κ1) is 39.1. The van der Waals surface area contributed by atoms with Crippen LogP contribution in [0.15, 0.2) is 142 Å². The van der Waals surface area contributed by atoms with Crippen LogP contribution in [0.5, 0.6) is 11.5 Å². The summed E-state index contributed by atoms with van der Waals surface area (Å²) < 4.78 is 22.6. The molecule has 0 atom stereocenters. The number of rotatable bonds is 6. The van der Waals surface area contributed by atoms with Crippen molar-refractivity contribution in [1.29, 1.82) is 0 Å². The fourth-order valence-electron chi connectivity index (χ4n) is 8.23. The number of nitrogens with zero attached hydrogens (tertiary/aromatic N) is 5. The lowest BCUT2D eigenvalue weighted by molar-refractivity contribution is 0.406. The first-order chi connectivity index (χ1) is 29.6. The van der Waals surface area contributed by atoms with E-state index in [2.05, 4.69) is 158 Å². The molecule has 308 valence electrons. The van der Waals surface area contributed by atoms with Gasteiger partial charge in [-0.25, -0.2) is 15.0 Å². The van der Waals surface area contributed by atoms with Gasteiger partial charge >= 0.3 is 0 Å². The SMILES string of the molecule is CC(C)(C)c1ccnc(-c2cc(Oc3cccc(-c4nc5ccccc5n4-c4ccccc4-c4ccccc4)c3)cc3c2oc2c(C(C)(C)C)nc4oc(C(C)(C)C)nc4c23)c1. The summed E-state index contributed by atoms with van der Waals surface area (Å²) in [6.45, 7) is 19.3. The second-order valence-electron chi connectivity index (χ2n) is 19.2. The molecule has 0 N–H and O–H groups in total. The first-order valence-corrected chi connectivity index (χ1v) is 21.2. The number of ether oxygens (including phenoxy) is 1. The molecule has 0 fully saturated rings. The van der Waals surface area contributed by atoms with Gasteiger partial charge in [0.15, 0.2) is 5.58 Å². The van der Waals surface area contributed by atoms with Crippen molar-refractivity contribution < 1.29 is 13.6 Å². The molecule has 0 aliphatic heterocycles. The predicted octanol–water partition coefficient (Wildman–Crippen LogP) is 14.5. The van der Waals surface area contributed by atoms with Crippen LogP contribution in [-0.4, -0.2) is 24.5 Å². The number of para-hydroxylation sites is 3. The predicted molar refractivity (Wildman–Crippen MR) is 250 cm³/mol. The Kier molecular flexibility index (Phi) is 9.00. The van der Waals surface area contributed by atoms with E-state index >= 15 is 0 Å². The molecule has 5 aromatic carbocycles. The van der Waals surface area contributed by atoms with E-state index in [-0.39, 0.29) is 16.2 Å². The number of hydrogen-bond acceptors (Lipinski definition) is 7. The van der Waals surface area contributed by atoms with Crippen LogP contribution in [0.1, 0.15) is 79.5 Å². The van der Waals surface area contributed by atoms with E-state index in [0.29, 0.717) is 39.8 Å². The molecular weight excluding hydrogens is 767 g/mol. The number of imidazole rings is 1. The van der Waals surface area contributed by atoms with Gasteiger partial charge in [-0.1, -0.05) is 135 Å². The molecule has 10 aromatic rings. The molecule has 5 aromatic heterocycles. The average molecular weight is 816 g/mol. The summed E-state index contributed by atoms with van der Waals surface area (Å²) in [6, 6.07) is 43.7. The Morgan fingerprint density at radius 2 is 1.31 bits per heavy atom. The van der Waals surface area contributed by atoms with Crippen molar-refractivity contribution in [2.24, 2.45) is 0 Å². The molecule has 10 rings (SSSR count). The number of aromatic nitrogens is 5. The van der Waals surface area contributed by atoms with Crippen molar-refractivity contribution in [2.45, 2.75) is 78.6 Å². The lowest BCUT2D eigenvalue weighted by Gasteiger charge is -2.19. The Hall–Kier alpha value is -7.06. The van der Waals surface area contributed by atoms with Crippen LogP contribution in [0.2, 0.25) is 0 Å². The third kappa shape index (κ3) is 6.80. The van der Waals surface area contributed by atoms with E-state index in [9.17, 15) is 0 Å². The number of pyridine rings is 2. The molecule has 0 bridgehead atoms. The Balaban J connectivity index is 1.18. The fraction of sp³-hybridized carbons (Fsp3) is 0.222. The molecule has 0 unspecified atom stereocenters. The van der Waals surface area contributed by atoms with Crippen LogP contribution in [0, 0.1) is 0 Å². The second kappa shape index (κ2) is 14.3. The standard InChI is InChI=1S/C54H49N5O3/c1-52(2,3)34-26-27-55-41(29-34)38-30-36(31-39-44-45-50(62-51(57-45)54(7,8)9)58-48(53(4,5)6)47(44)61-46(38)39)60-35-21-17-20-33(28-35)49-56-40-23-14-16-25-43(40)59(49)42-24-15-13-22-37(42)32-18-11-10-12-19-32/h10-31H,1-9H3. The largest absolute Gasteiger partial charge is 0.457 e. The van der Waals surface area contributed by atoms with Crippen molar-refractivity contribution in [2.75, 3.05) is 0 Å². The van der Waals surface area contributed by atoms with Crippen LogP contribution in [0.3, 0.4) is 0 Å². The molecule has 62 heavy (non-hydrogen) atoms. The summed E-state index contributed by atoms with van der Waals surface area (Å²) in [6.07, 6.45) is 1.87. The smallest absolute Gasteiger partial charge is 0.248 e. The maximum atomic E-state index is 6.98. The zero-order valence-electron chi connectivity index (χ0n) is 36.7. The summed E-state index contributed by atoms with van der Waals surface area (Å²) in [5.41, 5.74) is 11.4. The molecule has 0 aliphatic rings. The van der Waals surface area contributed by atoms with Crippen LogP contribution in [-0.2, 0) is 16.2 Å². The van der Waals surface area contributed by atoms with Crippen molar-refractivity contribution >= 4 is 44.2 Å². The monoisotopic (exact) mass is 815 g/mol.